The van der Waals surface area contributed by atoms with Crippen LogP contribution in [0.1, 0.15) is 33.6 Å². The zero-order valence-corrected chi connectivity index (χ0v) is 11.7. The largest absolute Gasteiger partial charge is 0.467 e. The highest BCUT2D eigenvalue weighted by Crippen LogP contribution is 2.08. The number of Topliss-reactive ketones (excluding diaryl/α,β-unsaturated/α-hetero) is 1. The summed E-state index contributed by atoms with van der Waals surface area (Å²) in [5.41, 5.74) is -0.689. The van der Waals surface area contributed by atoms with Crippen molar-refractivity contribution in [2.75, 3.05) is 13.7 Å². The number of hydrogen-bond acceptors (Lipinski definition) is 6. The van der Waals surface area contributed by atoms with Crippen LogP contribution >= 0.6 is 0 Å². The molecular weight excluding hydrogens is 254 g/mol. The maximum absolute atomic E-state index is 11.5. The summed E-state index contributed by atoms with van der Waals surface area (Å²) < 4.78 is 9.53. The number of methoxy groups -OCH3 is 1. The van der Waals surface area contributed by atoms with Crippen LogP contribution in [0.3, 0.4) is 0 Å². The van der Waals surface area contributed by atoms with Gasteiger partial charge in [-0.2, -0.15) is 0 Å². The molecule has 0 saturated heterocycles. The van der Waals surface area contributed by atoms with Gasteiger partial charge in [0.2, 0.25) is 0 Å². The molecule has 0 heterocycles. The third kappa shape index (κ3) is 8.15. The van der Waals surface area contributed by atoms with Gasteiger partial charge >= 0.3 is 12.1 Å². The molecule has 0 aromatic carbocycles. The fourth-order valence-corrected chi connectivity index (χ4v) is 1.23. The lowest BCUT2D eigenvalue weighted by molar-refractivity contribution is -0.143. The number of nitrogens with one attached hydrogen (secondary N) is 1. The summed E-state index contributed by atoms with van der Waals surface area (Å²) >= 11 is 0. The van der Waals surface area contributed by atoms with Gasteiger partial charge in [-0.1, -0.05) is 0 Å². The van der Waals surface area contributed by atoms with Gasteiger partial charge in [0.1, 0.15) is 18.2 Å². The molecule has 0 aromatic heterocycles. The number of hydrogen-bond donors (Lipinski definition) is 2. The Morgan fingerprint density at radius 2 is 1.84 bits per heavy atom. The van der Waals surface area contributed by atoms with Gasteiger partial charge in [-0.25, -0.2) is 9.59 Å². The van der Waals surface area contributed by atoms with E-state index in [1.807, 2.05) is 0 Å². The molecule has 0 aliphatic heterocycles. The summed E-state index contributed by atoms with van der Waals surface area (Å²) in [5, 5.41) is 10.9. The minimum absolute atomic E-state index is 0.0357. The summed E-state index contributed by atoms with van der Waals surface area (Å²) in [4.78, 5) is 34.0. The van der Waals surface area contributed by atoms with Crippen molar-refractivity contribution < 1.29 is 29.0 Å². The number of esters is 1. The van der Waals surface area contributed by atoms with E-state index in [1.54, 1.807) is 20.8 Å². The molecule has 0 aliphatic rings. The van der Waals surface area contributed by atoms with E-state index >= 15 is 0 Å². The number of rotatable bonds is 6. The highest BCUT2D eigenvalue weighted by atomic mass is 16.6. The minimum atomic E-state index is -0.977. The first-order valence-corrected chi connectivity index (χ1v) is 5.89. The first-order valence-electron chi connectivity index (χ1n) is 5.89. The Morgan fingerprint density at radius 1 is 1.26 bits per heavy atom. The smallest absolute Gasteiger partial charge is 0.408 e. The molecule has 0 aliphatic carbocycles. The minimum Gasteiger partial charge on any atom is -0.467 e. The summed E-state index contributed by atoms with van der Waals surface area (Å²) in [6.07, 6.45) is -0.753. The Hall–Kier alpha value is -1.63. The Labute approximate surface area is 112 Å². The molecule has 110 valence electrons. The molecule has 0 bridgehead atoms. The number of aliphatic hydroxyl groups excluding tert-OH is 1. The standard InChI is InChI=1S/C12H21NO6/c1-12(2,3)19-11(17)13-9(10(16)18-4)6-5-8(15)7-14/h9,14H,5-7H2,1-4H3,(H,13,17)/t9-/m0/s1. The molecule has 2 N–H and O–H groups in total. The van der Waals surface area contributed by atoms with E-state index in [0.717, 1.165) is 0 Å². The number of ether oxygens (including phenoxy) is 2. The molecule has 0 radical (unpaired) electrons. The normalized spacial score (nSPS) is 12.5. The predicted octanol–water partition coefficient (Wildman–Crippen LogP) is 0.394. The van der Waals surface area contributed by atoms with Crippen molar-refractivity contribution >= 4 is 17.8 Å². The number of carbonyl (C=O) groups excluding carboxylic acids is 3. The first kappa shape index (κ1) is 17.4. The molecule has 0 saturated carbocycles. The second-order valence-electron chi connectivity index (χ2n) is 4.96. The highest BCUT2D eigenvalue weighted by Gasteiger charge is 2.25. The van der Waals surface area contributed by atoms with E-state index in [1.165, 1.54) is 7.11 Å². The van der Waals surface area contributed by atoms with Crippen molar-refractivity contribution in [1.29, 1.82) is 0 Å². The van der Waals surface area contributed by atoms with E-state index in [2.05, 4.69) is 10.1 Å². The quantitative estimate of drug-likeness (QED) is 0.680. The Morgan fingerprint density at radius 3 is 2.26 bits per heavy atom. The average Bonchev–Trinajstić information content (AvgIpc) is 2.30. The van der Waals surface area contributed by atoms with Crippen LogP contribution in [-0.2, 0) is 19.1 Å². The lowest BCUT2D eigenvalue weighted by Gasteiger charge is -2.22. The van der Waals surface area contributed by atoms with E-state index in [0.29, 0.717) is 0 Å². The van der Waals surface area contributed by atoms with Gasteiger partial charge in [0.25, 0.3) is 0 Å². The lowest BCUT2D eigenvalue weighted by Crippen LogP contribution is -2.44. The summed E-state index contributed by atoms with van der Waals surface area (Å²) in [6, 6.07) is -0.977. The van der Waals surface area contributed by atoms with E-state index in [9.17, 15) is 14.4 Å². The van der Waals surface area contributed by atoms with Crippen LogP contribution in [0.15, 0.2) is 0 Å². The maximum atomic E-state index is 11.5. The van der Waals surface area contributed by atoms with Crippen molar-refractivity contribution in [1.82, 2.24) is 5.32 Å². The number of alkyl carbamates (subject to hydrolysis) is 1. The van der Waals surface area contributed by atoms with Crippen molar-refractivity contribution in [3.8, 4) is 0 Å². The second kappa shape index (κ2) is 7.73. The molecule has 7 nitrogen and oxygen atoms in total. The summed E-state index contributed by atoms with van der Waals surface area (Å²) in [7, 11) is 1.18. The van der Waals surface area contributed by atoms with Crippen molar-refractivity contribution in [3.63, 3.8) is 0 Å². The van der Waals surface area contributed by atoms with Crippen molar-refractivity contribution in [2.24, 2.45) is 0 Å². The van der Waals surface area contributed by atoms with Gasteiger partial charge in [0.15, 0.2) is 5.78 Å². The van der Waals surface area contributed by atoms with Crippen molar-refractivity contribution in [2.45, 2.75) is 45.3 Å². The second-order valence-corrected chi connectivity index (χ2v) is 4.96. The highest BCUT2D eigenvalue weighted by molar-refractivity contribution is 5.83. The van der Waals surface area contributed by atoms with Crippen LogP contribution in [0.5, 0.6) is 0 Å². The van der Waals surface area contributed by atoms with Crippen LogP contribution in [-0.4, -0.2) is 48.3 Å². The topological polar surface area (TPSA) is 102 Å². The molecule has 0 unspecified atom stereocenters. The number of aliphatic hydroxyl groups is 1. The van der Waals surface area contributed by atoms with Crippen molar-refractivity contribution in [3.05, 3.63) is 0 Å². The maximum Gasteiger partial charge on any atom is 0.408 e. The first-order chi connectivity index (χ1) is 8.69. The fraction of sp³-hybridized carbons (Fsp3) is 0.750. The molecule has 0 rings (SSSR count). The van der Waals surface area contributed by atoms with E-state index in [-0.39, 0.29) is 12.8 Å². The van der Waals surface area contributed by atoms with Gasteiger partial charge in [-0.15, -0.1) is 0 Å². The molecule has 0 spiro atoms. The van der Waals surface area contributed by atoms with Gasteiger partial charge in [-0.3, -0.25) is 4.79 Å². The molecule has 7 heteroatoms. The SMILES string of the molecule is COC(=O)[C@H](CCC(=O)CO)NC(=O)OC(C)(C)C. The van der Waals surface area contributed by atoms with Gasteiger partial charge in [0, 0.05) is 6.42 Å². The zero-order chi connectivity index (χ0) is 15.1. The molecule has 1 amide bonds. The zero-order valence-electron chi connectivity index (χ0n) is 11.7. The lowest BCUT2D eigenvalue weighted by atomic mass is 10.1. The molecular formula is C12H21NO6. The number of carbonyl (C=O) groups is 3. The van der Waals surface area contributed by atoms with Crippen LogP contribution in [0.4, 0.5) is 4.79 Å². The molecule has 0 aromatic rings. The monoisotopic (exact) mass is 275 g/mol. The summed E-state index contributed by atoms with van der Waals surface area (Å²) in [5.74, 6) is -1.09. The molecule has 1 atom stereocenters. The third-order valence-electron chi connectivity index (χ3n) is 2.06. The van der Waals surface area contributed by atoms with Crippen LogP contribution in [0.2, 0.25) is 0 Å². The Kier molecular flexibility index (Phi) is 7.06. The molecule has 19 heavy (non-hydrogen) atoms. The number of ketones is 1. The van der Waals surface area contributed by atoms with E-state index < -0.39 is 36.1 Å². The van der Waals surface area contributed by atoms with Gasteiger partial charge in [-0.05, 0) is 27.2 Å². The van der Waals surface area contributed by atoms with Crippen LogP contribution in [0.25, 0.3) is 0 Å². The van der Waals surface area contributed by atoms with Crippen LogP contribution < -0.4 is 5.32 Å². The van der Waals surface area contributed by atoms with Gasteiger partial charge < -0.3 is 19.9 Å². The van der Waals surface area contributed by atoms with E-state index in [4.69, 9.17) is 9.84 Å². The third-order valence-corrected chi connectivity index (χ3v) is 2.06. The van der Waals surface area contributed by atoms with Gasteiger partial charge in [0.05, 0.1) is 7.11 Å². The Bertz CT molecular complexity index is 334. The average molecular weight is 275 g/mol. The Balaban J connectivity index is 4.47. The fourth-order valence-electron chi connectivity index (χ4n) is 1.23. The predicted molar refractivity (Wildman–Crippen MR) is 66.5 cm³/mol. The van der Waals surface area contributed by atoms with Crippen LogP contribution in [0, 0.1) is 0 Å². The molecule has 0 fully saturated rings. The number of amides is 1. The summed E-state index contributed by atoms with van der Waals surface area (Å²) in [6.45, 7) is 4.47.